The molecule has 1 heterocycles. The summed E-state index contributed by atoms with van der Waals surface area (Å²) in [7, 11) is 0. The van der Waals surface area contributed by atoms with Crippen LogP contribution in [0.3, 0.4) is 0 Å². The van der Waals surface area contributed by atoms with E-state index in [-0.39, 0.29) is 6.54 Å². The van der Waals surface area contributed by atoms with Crippen LogP contribution in [0, 0.1) is 5.82 Å². The first-order valence-electron chi connectivity index (χ1n) is 6.74. The van der Waals surface area contributed by atoms with Crippen molar-refractivity contribution in [2.75, 3.05) is 5.32 Å². The lowest BCUT2D eigenvalue weighted by atomic mass is 10.2. The second kappa shape index (κ2) is 7.13. The van der Waals surface area contributed by atoms with E-state index in [2.05, 4.69) is 15.6 Å². The number of amides is 2. The van der Waals surface area contributed by atoms with Crippen molar-refractivity contribution < 1.29 is 14.0 Å². The molecule has 0 aliphatic heterocycles. The molecule has 0 unspecified atom stereocenters. The largest absolute Gasteiger partial charge is 0.342 e. The molecule has 0 atom stereocenters. The highest BCUT2D eigenvalue weighted by Crippen LogP contribution is 2.18. The predicted octanol–water partition coefficient (Wildman–Crippen LogP) is 2.66. The topological polar surface area (TPSA) is 71.1 Å². The SMILES string of the molecule is CC(C)c1nc(CNC(=O)C(=O)Nc2ccc(F)cc2)cs1. The second-order valence-corrected chi connectivity index (χ2v) is 5.87. The van der Waals surface area contributed by atoms with Crippen molar-refractivity contribution in [3.05, 3.63) is 46.2 Å². The number of hydrogen-bond donors (Lipinski definition) is 2. The summed E-state index contributed by atoms with van der Waals surface area (Å²) in [6, 6.07) is 5.18. The molecule has 22 heavy (non-hydrogen) atoms. The van der Waals surface area contributed by atoms with Crippen LogP contribution < -0.4 is 10.6 Å². The summed E-state index contributed by atoms with van der Waals surface area (Å²) in [5.41, 5.74) is 1.08. The Morgan fingerprint density at radius 3 is 2.50 bits per heavy atom. The van der Waals surface area contributed by atoms with E-state index in [1.54, 1.807) is 0 Å². The Morgan fingerprint density at radius 2 is 1.91 bits per heavy atom. The molecular formula is C15H16FN3O2S. The zero-order chi connectivity index (χ0) is 16.1. The van der Waals surface area contributed by atoms with Gasteiger partial charge in [0.25, 0.3) is 0 Å². The standard InChI is InChI=1S/C15H16FN3O2S/c1-9(2)15-19-12(8-22-15)7-17-13(20)14(21)18-11-5-3-10(16)4-6-11/h3-6,8-9H,7H2,1-2H3,(H,17,20)(H,18,21). The van der Waals surface area contributed by atoms with E-state index in [9.17, 15) is 14.0 Å². The van der Waals surface area contributed by atoms with Crippen LogP contribution in [0.4, 0.5) is 10.1 Å². The van der Waals surface area contributed by atoms with E-state index in [0.717, 1.165) is 10.7 Å². The van der Waals surface area contributed by atoms with Gasteiger partial charge in [0.15, 0.2) is 0 Å². The first-order chi connectivity index (χ1) is 10.5. The Labute approximate surface area is 131 Å². The molecule has 5 nitrogen and oxygen atoms in total. The molecule has 0 saturated heterocycles. The van der Waals surface area contributed by atoms with Crippen molar-refractivity contribution in [1.29, 1.82) is 0 Å². The highest BCUT2D eigenvalue weighted by Gasteiger charge is 2.14. The van der Waals surface area contributed by atoms with Crippen LogP contribution in [-0.2, 0) is 16.1 Å². The van der Waals surface area contributed by atoms with Crippen molar-refractivity contribution >= 4 is 28.8 Å². The number of benzene rings is 1. The minimum Gasteiger partial charge on any atom is -0.342 e. The lowest BCUT2D eigenvalue weighted by molar-refractivity contribution is -0.136. The van der Waals surface area contributed by atoms with E-state index < -0.39 is 17.6 Å². The molecule has 116 valence electrons. The van der Waals surface area contributed by atoms with Crippen LogP contribution in [0.1, 0.15) is 30.5 Å². The molecule has 2 rings (SSSR count). The number of nitrogens with one attached hydrogen (secondary N) is 2. The molecule has 7 heteroatoms. The summed E-state index contributed by atoms with van der Waals surface area (Å²) in [4.78, 5) is 27.8. The summed E-state index contributed by atoms with van der Waals surface area (Å²) in [5, 5.41) is 7.74. The fourth-order valence-electron chi connectivity index (χ4n) is 1.64. The maximum Gasteiger partial charge on any atom is 0.313 e. The maximum absolute atomic E-state index is 12.8. The van der Waals surface area contributed by atoms with E-state index in [0.29, 0.717) is 11.6 Å². The van der Waals surface area contributed by atoms with E-state index in [4.69, 9.17) is 0 Å². The number of nitrogens with zero attached hydrogens (tertiary/aromatic N) is 1. The van der Waals surface area contributed by atoms with Gasteiger partial charge in [0.05, 0.1) is 17.2 Å². The van der Waals surface area contributed by atoms with Gasteiger partial charge in [-0.3, -0.25) is 9.59 Å². The Kier molecular flexibility index (Phi) is 5.21. The average molecular weight is 321 g/mol. The molecule has 2 N–H and O–H groups in total. The Balaban J connectivity index is 1.85. The molecule has 0 aliphatic carbocycles. The molecule has 1 aromatic heterocycles. The van der Waals surface area contributed by atoms with Crippen molar-refractivity contribution in [3.8, 4) is 0 Å². The number of carbonyl (C=O) groups excluding carboxylic acids is 2. The van der Waals surface area contributed by atoms with E-state index >= 15 is 0 Å². The molecule has 0 fully saturated rings. The van der Waals surface area contributed by atoms with Gasteiger partial charge < -0.3 is 10.6 Å². The highest BCUT2D eigenvalue weighted by molar-refractivity contribution is 7.09. The monoisotopic (exact) mass is 321 g/mol. The normalized spacial score (nSPS) is 10.5. The van der Waals surface area contributed by atoms with Crippen molar-refractivity contribution in [2.45, 2.75) is 26.3 Å². The second-order valence-electron chi connectivity index (χ2n) is 4.98. The smallest absolute Gasteiger partial charge is 0.313 e. The Morgan fingerprint density at radius 1 is 1.23 bits per heavy atom. The van der Waals surface area contributed by atoms with Gasteiger partial charge in [-0.25, -0.2) is 9.37 Å². The third-order valence-corrected chi connectivity index (χ3v) is 4.00. The van der Waals surface area contributed by atoms with Gasteiger partial charge in [-0.1, -0.05) is 13.8 Å². The molecular weight excluding hydrogens is 305 g/mol. The Hall–Kier alpha value is -2.28. The highest BCUT2D eigenvalue weighted by atomic mass is 32.1. The zero-order valence-electron chi connectivity index (χ0n) is 12.2. The van der Waals surface area contributed by atoms with Crippen LogP contribution in [0.5, 0.6) is 0 Å². The number of carbonyl (C=O) groups is 2. The third-order valence-electron chi connectivity index (χ3n) is 2.80. The molecule has 1 aromatic carbocycles. The summed E-state index contributed by atoms with van der Waals surface area (Å²) in [6.07, 6.45) is 0. The molecule has 0 bridgehead atoms. The fraction of sp³-hybridized carbons (Fsp3) is 0.267. The van der Waals surface area contributed by atoms with Gasteiger partial charge in [-0.15, -0.1) is 11.3 Å². The fourth-order valence-corrected chi connectivity index (χ4v) is 2.48. The number of rotatable bonds is 4. The quantitative estimate of drug-likeness (QED) is 0.851. The summed E-state index contributed by atoms with van der Waals surface area (Å²) in [6.45, 7) is 4.27. The van der Waals surface area contributed by atoms with Gasteiger partial charge in [-0.05, 0) is 24.3 Å². The minimum absolute atomic E-state index is 0.193. The van der Waals surface area contributed by atoms with Gasteiger partial charge in [0.1, 0.15) is 5.82 Å². The van der Waals surface area contributed by atoms with Crippen LogP contribution in [-0.4, -0.2) is 16.8 Å². The van der Waals surface area contributed by atoms with Crippen molar-refractivity contribution in [1.82, 2.24) is 10.3 Å². The number of halogens is 1. The average Bonchev–Trinajstić information content (AvgIpc) is 2.96. The lowest BCUT2D eigenvalue weighted by Gasteiger charge is -2.05. The van der Waals surface area contributed by atoms with E-state index in [1.807, 2.05) is 19.2 Å². The summed E-state index contributed by atoms with van der Waals surface area (Å²) in [5.74, 6) is -1.64. The zero-order valence-corrected chi connectivity index (χ0v) is 13.0. The van der Waals surface area contributed by atoms with Crippen LogP contribution >= 0.6 is 11.3 Å². The lowest BCUT2D eigenvalue weighted by Crippen LogP contribution is -2.35. The number of anilines is 1. The third kappa shape index (κ3) is 4.36. The first-order valence-corrected chi connectivity index (χ1v) is 7.62. The summed E-state index contributed by atoms with van der Waals surface area (Å²) >= 11 is 1.52. The number of thiazole rings is 1. The van der Waals surface area contributed by atoms with Crippen molar-refractivity contribution in [3.63, 3.8) is 0 Å². The molecule has 0 aliphatic rings. The number of hydrogen-bond acceptors (Lipinski definition) is 4. The Bertz CT molecular complexity index is 668. The molecule has 0 radical (unpaired) electrons. The molecule has 2 aromatic rings. The van der Waals surface area contributed by atoms with Gasteiger partial charge in [0.2, 0.25) is 0 Å². The molecule has 0 spiro atoms. The predicted molar refractivity (Wildman–Crippen MR) is 83.1 cm³/mol. The van der Waals surface area contributed by atoms with Gasteiger partial charge in [0, 0.05) is 17.0 Å². The van der Waals surface area contributed by atoms with E-state index in [1.165, 1.54) is 35.6 Å². The molecule has 0 saturated carbocycles. The van der Waals surface area contributed by atoms with Gasteiger partial charge >= 0.3 is 11.8 Å². The van der Waals surface area contributed by atoms with Crippen LogP contribution in [0.2, 0.25) is 0 Å². The van der Waals surface area contributed by atoms with Gasteiger partial charge in [-0.2, -0.15) is 0 Å². The molecule has 2 amide bonds. The van der Waals surface area contributed by atoms with Crippen molar-refractivity contribution in [2.24, 2.45) is 0 Å². The summed E-state index contributed by atoms with van der Waals surface area (Å²) < 4.78 is 12.8. The maximum atomic E-state index is 12.8. The van der Waals surface area contributed by atoms with Crippen LogP contribution in [0.15, 0.2) is 29.6 Å². The van der Waals surface area contributed by atoms with Crippen LogP contribution in [0.25, 0.3) is 0 Å². The number of aromatic nitrogens is 1. The first kappa shape index (κ1) is 16.1. The minimum atomic E-state index is -0.800.